The third-order valence-electron chi connectivity index (χ3n) is 6.69. The van der Waals surface area contributed by atoms with Crippen LogP contribution >= 0.6 is 11.3 Å². The fourth-order valence-corrected chi connectivity index (χ4v) is 6.12. The molecule has 2 aromatic heterocycles. The molecule has 32 heavy (non-hydrogen) atoms. The minimum atomic E-state index is 0.283. The zero-order chi connectivity index (χ0) is 22.1. The number of piperazine rings is 1. The predicted molar refractivity (Wildman–Crippen MR) is 131 cm³/mol. The summed E-state index contributed by atoms with van der Waals surface area (Å²) < 4.78 is 0. The SMILES string of the molecule is CC1CC(C)CN(C(=O)CN2CCN(c3ncnc4scc(-c5ccccc5)c34)CC2)C1. The maximum atomic E-state index is 12.9. The third kappa shape index (κ3) is 4.36. The Labute approximate surface area is 193 Å². The van der Waals surface area contributed by atoms with Gasteiger partial charge in [-0.15, -0.1) is 11.3 Å². The summed E-state index contributed by atoms with van der Waals surface area (Å²) in [5, 5.41) is 3.33. The molecule has 0 radical (unpaired) electrons. The van der Waals surface area contributed by atoms with E-state index >= 15 is 0 Å². The van der Waals surface area contributed by atoms with Crippen LogP contribution in [0.5, 0.6) is 0 Å². The Bertz CT molecular complexity index is 1070. The van der Waals surface area contributed by atoms with Crippen LogP contribution in [0, 0.1) is 11.8 Å². The zero-order valence-corrected chi connectivity index (χ0v) is 19.7. The predicted octanol–water partition coefficient (Wildman–Crippen LogP) is 3.98. The molecule has 168 valence electrons. The molecule has 5 rings (SSSR count). The number of carbonyl (C=O) groups is 1. The highest BCUT2D eigenvalue weighted by atomic mass is 32.1. The number of aromatic nitrogens is 2. The number of anilines is 1. The van der Waals surface area contributed by atoms with Gasteiger partial charge in [-0.25, -0.2) is 9.97 Å². The first kappa shape index (κ1) is 21.3. The second kappa shape index (κ2) is 9.16. The fraction of sp³-hybridized carbons (Fsp3) is 0.480. The molecule has 2 atom stereocenters. The molecule has 6 nitrogen and oxygen atoms in total. The number of hydrogen-bond donors (Lipinski definition) is 0. The number of hydrogen-bond acceptors (Lipinski definition) is 6. The average Bonchev–Trinajstić information content (AvgIpc) is 3.24. The van der Waals surface area contributed by atoms with Crippen molar-refractivity contribution in [3.8, 4) is 11.1 Å². The van der Waals surface area contributed by atoms with Crippen LogP contribution in [0.2, 0.25) is 0 Å². The van der Waals surface area contributed by atoms with Gasteiger partial charge in [-0.1, -0.05) is 44.2 Å². The molecule has 0 N–H and O–H groups in total. The Morgan fingerprint density at radius 1 is 1.03 bits per heavy atom. The second-order valence-electron chi connectivity index (χ2n) is 9.40. The van der Waals surface area contributed by atoms with Crippen LogP contribution in [0.3, 0.4) is 0 Å². The fourth-order valence-electron chi connectivity index (χ4n) is 5.20. The first-order valence-corrected chi connectivity index (χ1v) is 12.5. The van der Waals surface area contributed by atoms with E-state index in [0.29, 0.717) is 18.4 Å². The molecule has 2 saturated heterocycles. The number of piperidine rings is 1. The molecule has 0 aliphatic carbocycles. The van der Waals surface area contributed by atoms with Crippen molar-refractivity contribution in [1.29, 1.82) is 0 Å². The van der Waals surface area contributed by atoms with Gasteiger partial charge in [-0.05, 0) is 23.8 Å². The molecule has 1 aromatic carbocycles. The Morgan fingerprint density at radius 3 is 2.47 bits per heavy atom. The maximum absolute atomic E-state index is 12.9. The summed E-state index contributed by atoms with van der Waals surface area (Å²) in [4.78, 5) is 29.9. The summed E-state index contributed by atoms with van der Waals surface area (Å²) in [6.45, 7) is 10.3. The minimum Gasteiger partial charge on any atom is -0.353 e. The van der Waals surface area contributed by atoms with Gasteiger partial charge in [0.1, 0.15) is 17.0 Å². The lowest BCUT2D eigenvalue weighted by atomic mass is 9.92. The number of amides is 1. The highest BCUT2D eigenvalue weighted by molar-refractivity contribution is 7.17. The van der Waals surface area contributed by atoms with Crippen LogP contribution in [-0.2, 0) is 4.79 Å². The van der Waals surface area contributed by atoms with E-state index in [0.717, 1.165) is 55.3 Å². The molecule has 2 aliphatic rings. The van der Waals surface area contributed by atoms with Crippen LogP contribution in [0.15, 0.2) is 42.0 Å². The van der Waals surface area contributed by atoms with Crippen molar-refractivity contribution in [1.82, 2.24) is 19.8 Å². The van der Waals surface area contributed by atoms with Crippen LogP contribution in [-0.4, -0.2) is 71.5 Å². The quantitative estimate of drug-likeness (QED) is 0.603. The van der Waals surface area contributed by atoms with Crippen LogP contribution < -0.4 is 4.90 Å². The van der Waals surface area contributed by atoms with Gasteiger partial charge >= 0.3 is 0 Å². The van der Waals surface area contributed by atoms with Crippen molar-refractivity contribution in [2.75, 3.05) is 50.7 Å². The number of rotatable bonds is 4. The van der Waals surface area contributed by atoms with E-state index in [1.54, 1.807) is 17.7 Å². The first-order valence-electron chi connectivity index (χ1n) is 11.6. The average molecular weight is 450 g/mol. The second-order valence-corrected chi connectivity index (χ2v) is 10.3. The molecule has 7 heteroatoms. The minimum absolute atomic E-state index is 0.283. The molecule has 0 spiro atoms. The Balaban J connectivity index is 1.28. The van der Waals surface area contributed by atoms with E-state index < -0.39 is 0 Å². The molecule has 0 bridgehead atoms. The van der Waals surface area contributed by atoms with Crippen molar-refractivity contribution in [3.63, 3.8) is 0 Å². The third-order valence-corrected chi connectivity index (χ3v) is 7.57. The van der Waals surface area contributed by atoms with Crippen molar-refractivity contribution in [2.24, 2.45) is 11.8 Å². The van der Waals surface area contributed by atoms with Gasteiger partial charge in [0, 0.05) is 50.2 Å². The molecule has 2 aliphatic heterocycles. The van der Waals surface area contributed by atoms with Gasteiger partial charge < -0.3 is 9.80 Å². The van der Waals surface area contributed by atoms with E-state index in [1.165, 1.54) is 17.5 Å². The molecular weight excluding hydrogens is 418 g/mol. The number of benzene rings is 1. The topological polar surface area (TPSA) is 52.6 Å². The van der Waals surface area contributed by atoms with E-state index in [4.69, 9.17) is 4.98 Å². The van der Waals surface area contributed by atoms with Gasteiger partial charge in [-0.3, -0.25) is 9.69 Å². The van der Waals surface area contributed by atoms with Crippen LogP contribution in [0.25, 0.3) is 21.3 Å². The van der Waals surface area contributed by atoms with Crippen LogP contribution in [0.1, 0.15) is 20.3 Å². The summed E-state index contributed by atoms with van der Waals surface area (Å²) in [6, 6.07) is 10.5. The molecule has 2 fully saturated rings. The Kier molecular flexibility index (Phi) is 6.11. The van der Waals surface area contributed by atoms with Gasteiger partial charge in [0.25, 0.3) is 0 Å². The van der Waals surface area contributed by atoms with Crippen LogP contribution in [0.4, 0.5) is 5.82 Å². The standard InChI is InChI=1S/C25H31N5OS/c1-18-12-19(2)14-30(13-18)22(31)15-28-8-10-29(11-9-28)24-23-21(20-6-4-3-5-7-20)16-32-25(23)27-17-26-24/h3-7,16-19H,8-15H2,1-2H3. The molecule has 4 heterocycles. The lowest BCUT2D eigenvalue weighted by Crippen LogP contribution is -2.52. The molecule has 0 saturated carbocycles. The normalized spacial score (nSPS) is 22.4. The lowest BCUT2D eigenvalue weighted by molar-refractivity contribution is -0.135. The summed E-state index contributed by atoms with van der Waals surface area (Å²) in [5.74, 6) is 2.50. The summed E-state index contributed by atoms with van der Waals surface area (Å²) in [7, 11) is 0. The van der Waals surface area contributed by atoms with Crippen molar-refractivity contribution >= 4 is 33.3 Å². The lowest BCUT2D eigenvalue weighted by Gasteiger charge is -2.38. The summed E-state index contributed by atoms with van der Waals surface area (Å²) in [5.41, 5.74) is 2.40. The van der Waals surface area contributed by atoms with E-state index in [1.807, 2.05) is 6.07 Å². The summed E-state index contributed by atoms with van der Waals surface area (Å²) in [6.07, 6.45) is 2.90. The first-order chi connectivity index (χ1) is 15.6. The molecule has 3 aromatic rings. The molecule has 2 unspecified atom stereocenters. The van der Waals surface area contributed by atoms with Gasteiger partial charge in [0.2, 0.25) is 5.91 Å². The highest BCUT2D eigenvalue weighted by Crippen LogP contribution is 2.38. The van der Waals surface area contributed by atoms with E-state index in [9.17, 15) is 4.79 Å². The zero-order valence-electron chi connectivity index (χ0n) is 18.9. The molecular formula is C25H31N5OS. The number of thiophene rings is 1. The molecule has 1 amide bonds. The number of likely N-dealkylation sites (tertiary alicyclic amines) is 1. The number of carbonyl (C=O) groups excluding carboxylic acids is 1. The van der Waals surface area contributed by atoms with Crippen molar-refractivity contribution in [3.05, 3.63) is 42.0 Å². The van der Waals surface area contributed by atoms with Crippen molar-refractivity contribution in [2.45, 2.75) is 20.3 Å². The smallest absolute Gasteiger partial charge is 0.236 e. The van der Waals surface area contributed by atoms with Crippen molar-refractivity contribution < 1.29 is 4.79 Å². The Morgan fingerprint density at radius 2 is 1.75 bits per heavy atom. The van der Waals surface area contributed by atoms with Gasteiger partial charge in [-0.2, -0.15) is 0 Å². The summed E-state index contributed by atoms with van der Waals surface area (Å²) >= 11 is 1.67. The van der Waals surface area contributed by atoms with Gasteiger partial charge in [0.05, 0.1) is 11.9 Å². The van der Waals surface area contributed by atoms with E-state index in [-0.39, 0.29) is 5.91 Å². The highest BCUT2D eigenvalue weighted by Gasteiger charge is 2.28. The number of fused-ring (bicyclic) bond motifs is 1. The Hall–Kier alpha value is -2.51. The largest absolute Gasteiger partial charge is 0.353 e. The number of nitrogens with zero attached hydrogens (tertiary/aromatic N) is 5. The van der Waals surface area contributed by atoms with E-state index in [2.05, 4.69) is 63.2 Å². The monoisotopic (exact) mass is 449 g/mol. The van der Waals surface area contributed by atoms with Gasteiger partial charge in [0.15, 0.2) is 0 Å². The maximum Gasteiger partial charge on any atom is 0.236 e.